The topological polar surface area (TPSA) is 46.3 Å². The molecule has 20 heavy (non-hydrogen) atoms. The maximum absolute atomic E-state index is 12.4. The number of hydrogen-bond acceptors (Lipinski definition) is 2. The molecule has 0 radical (unpaired) electrons. The van der Waals surface area contributed by atoms with Crippen LogP contribution in [-0.4, -0.2) is 23.9 Å². The largest absolute Gasteiger partial charge is 0.399 e. The Labute approximate surface area is 121 Å². The van der Waals surface area contributed by atoms with Crippen LogP contribution in [0, 0.1) is 11.8 Å². The van der Waals surface area contributed by atoms with E-state index in [0.717, 1.165) is 29.5 Å². The van der Waals surface area contributed by atoms with E-state index in [9.17, 15) is 4.79 Å². The number of benzene rings is 1. The van der Waals surface area contributed by atoms with Crippen LogP contribution in [-0.2, 0) is 11.2 Å². The highest BCUT2D eigenvalue weighted by Crippen LogP contribution is 2.46. The highest BCUT2D eigenvalue weighted by molar-refractivity contribution is 5.77. The van der Waals surface area contributed by atoms with Gasteiger partial charge in [-0.1, -0.05) is 18.2 Å². The van der Waals surface area contributed by atoms with Gasteiger partial charge in [0.25, 0.3) is 0 Å². The van der Waals surface area contributed by atoms with Crippen molar-refractivity contribution >= 4 is 11.6 Å². The molecule has 0 aromatic heterocycles. The molecule has 2 fully saturated rings. The van der Waals surface area contributed by atoms with Crippen LogP contribution in [0.1, 0.15) is 37.7 Å². The summed E-state index contributed by atoms with van der Waals surface area (Å²) in [5.74, 6) is 1.83. The molecule has 0 saturated heterocycles. The standard InChI is InChI=1S/C17H24N2O/c1-19(17(13-6-7-13)14-8-9-14)16(20)11-10-12-4-2-3-5-15(12)18/h2-5,13-14,17H,6-11,18H2,1H3. The van der Waals surface area contributed by atoms with E-state index in [1.165, 1.54) is 25.7 Å². The van der Waals surface area contributed by atoms with Crippen molar-refractivity contribution < 1.29 is 4.79 Å². The van der Waals surface area contributed by atoms with Crippen LogP contribution < -0.4 is 5.73 Å². The van der Waals surface area contributed by atoms with Crippen molar-refractivity contribution in [2.45, 2.75) is 44.6 Å². The quantitative estimate of drug-likeness (QED) is 0.809. The molecule has 0 spiro atoms. The maximum atomic E-state index is 12.4. The van der Waals surface area contributed by atoms with Gasteiger partial charge < -0.3 is 10.6 Å². The highest BCUT2D eigenvalue weighted by atomic mass is 16.2. The minimum atomic E-state index is 0.275. The molecule has 0 unspecified atom stereocenters. The smallest absolute Gasteiger partial charge is 0.222 e. The van der Waals surface area contributed by atoms with Crippen LogP contribution in [0.2, 0.25) is 0 Å². The van der Waals surface area contributed by atoms with Gasteiger partial charge in [-0.05, 0) is 55.6 Å². The van der Waals surface area contributed by atoms with Crippen LogP contribution in [0.3, 0.4) is 0 Å². The third kappa shape index (κ3) is 2.97. The Morgan fingerprint density at radius 2 is 1.85 bits per heavy atom. The molecule has 0 aliphatic heterocycles. The second-order valence-corrected chi connectivity index (χ2v) is 6.37. The van der Waals surface area contributed by atoms with Crippen molar-refractivity contribution in [1.82, 2.24) is 4.90 Å². The van der Waals surface area contributed by atoms with Crippen molar-refractivity contribution in [3.05, 3.63) is 29.8 Å². The van der Waals surface area contributed by atoms with Gasteiger partial charge >= 0.3 is 0 Å². The molecule has 0 heterocycles. The molecule has 2 saturated carbocycles. The number of carbonyl (C=O) groups is 1. The molecule has 3 heteroatoms. The van der Waals surface area contributed by atoms with E-state index in [4.69, 9.17) is 5.73 Å². The highest BCUT2D eigenvalue weighted by Gasteiger charge is 2.44. The van der Waals surface area contributed by atoms with Gasteiger partial charge in [0, 0.05) is 25.2 Å². The summed E-state index contributed by atoms with van der Waals surface area (Å²) in [7, 11) is 2.00. The Hall–Kier alpha value is -1.51. The lowest BCUT2D eigenvalue weighted by atomic mass is 10.0. The summed E-state index contributed by atoms with van der Waals surface area (Å²) < 4.78 is 0. The van der Waals surface area contributed by atoms with E-state index in [1.54, 1.807) is 0 Å². The molecule has 2 aliphatic carbocycles. The molecule has 3 nitrogen and oxygen atoms in total. The second kappa shape index (κ2) is 5.47. The summed E-state index contributed by atoms with van der Waals surface area (Å²) in [6, 6.07) is 8.35. The summed E-state index contributed by atoms with van der Waals surface area (Å²) >= 11 is 0. The fourth-order valence-electron chi connectivity index (χ4n) is 3.24. The molecule has 1 aromatic rings. The Balaban J connectivity index is 1.57. The van der Waals surface area contributed by atoms with Gasteiger partial charge in [0.1, 0.15) is 0 Å². The molecular weight excluding hydrogens is 248 g/mol. The summed E-state index contributed by atoms with van der Waals surface area (Å²) in [5, 5.41) is 0. The van der Waals surface area contributed by atoms with Crippen LogP contribution in [0.15, 0.2) is 24.3 Å². The Kier molecular flexibility index (Phi) is 3.68. The van der Waals surface area contributed by atoms with Gasteiger partial charge in [0.15, 0.2) is 0 Å². The number of nitrogens with two attached hydrogens (primary N) is 1. The Bertz CT molecular complexity index is 480. The number of rotatable bonds is 6. The number of amides is 1. The summed E-state index contributed by atoms with van der Waals surface area (Å²) in [6.07, 6.45) is 6.56. The summed E-state index contributed by atoms with van der Waals surface area (Å²) in [5.41, 5.74) is 7.82. The van der Waals surface area contributed by atoms with E-state index < -0.39 is 0 Å². The lowest BCUT2D eigenvalue weighted by molar-refractivity contribution is -0.132. The lowest BCUT2D eigenvalue weighted by Gasteiger charge is -2.28. The predicted molar refractivity (Wildman–Crippen MR) is 81.2 cm³/mol. The first kappa shape index (κ1) is 13.5. The fraction of sp³-hybridized carbons (Fsp3) is 0.588. The molecule has 0 atom stereocenters. The molecule has 3 rings (SSSR count). The molecule has 0 bridgehead atoms. The Morgan fingerprint density at radius 1 is 1.25 bits per heavy atom. The number of anilines is 1. The number of para-hydroxylation sites is 1. The average Bonchev–Trinajstić information content (AvgIpc) is 3.31. The average molecular weight is 272 g/mol. The number of carbonyl (C=O) groups excluding carboxylic acids is 1. The molecular formula is C17H24N2O. The van der Waals surface area contributed by atoms with E-state index in [0.29, 0.717) is 12.5 Å². The fourth-order valence-corrected chi connectivity index (χ4v) is 3.24. The zero-order valence-electron chi connectivity index (χ0n) is 12.2. The molecule has 2 aliphatic rings. The first-order valence-electron chi connectivity index (χ1n) is 7.76. The zero-order valence-corrected chi connectivity index (χ0v) is 12.2. The van der Waals surface area contributed by atoms with Crippen LogP contribution >= 0.6 is 0 Å². The summed E-state index contributed by atoms with van der Waals surface area (Å²) in [4.78, 5) is 14.5. The predicted octanol–water partition coefficient (Wildman–Crippen LogP) is 2.85. The van der Waals surface area contributed by atoms with Crippen molar-refractivity contribution in [3.8, 4) is 0 Å². The van der Waals surface area contributed by atoms with E-state index in [1.807, 2.05) is 36.2 Å². The minimum absolute atomic E-state index is 0.275. The number of nitrogens with zero attached hydrogens (tertiary/aromatic N) is 1. The number of hydrogen-bond donors (Lipinski definition) is 1. The molecule has 2 N–H and O–H groups in total. The lowest BCUT2D eigenvalue weighted by Crippen LogP contribution is -2.40. The number of aryl methyl sites for hydroxylation is 1. The molecule has 1 aromatic carbocycles. The SMILES string of the molecule is CN(C(=O)CCc1ccccc1N)C(C1CC1)C1CC1. The van der Waals surface area contributed by atoms with E-state index in [2.05, 4.69) is 0 Å². The van der Waals surface area contributed by atoms with Gasteiger partial charge in [-0.25, -0.2) is 0 Å². The molecule has 108 valence electrons. The van der Waals surface area contributed by atoms with Crippen molar-refractivity contribution in [2.75, 3.05) is 12.8 Å². The first-order chi connectivity index (χ1) is 9.66. The van der Waals surface area contributed by atoms with Crippen LogP contribution in [0.5, 0.6) is 0 Å². The van der Waals surface area contributed by atoms with Gasteiger partial charge in [0.2, 0.25) is 5.91 Å². The monoisotopic (exact) mass is 272 g/mol. The van der Waals surface area contributed by atoms with Gasteiger partial charge in [-0.2, -0.15) is 0 Å². The minimum Gasteiger partial charge on any atom is -0.399 e. The third-order valence-corrected chi connectivity index (χ3v) is 4.71. The third-order valence-electron chi connectivity index (χ3n) is 4.71. The van der Waals surface area contributed by atoms with E-state index >= 15 is 0 Å². The number of nitrogen functional groups attached to an aromatic ring is 1. The Morgan fingerprint density at radius 3 is 2.40 bits per heavy atom. The normalized spacial score (nSPS) is 18.3. The van der Waals surface area contributed by atoms with Gasteiger partial charge in [-0.15, -0.1) is 0 Å². The first-order valence-corrected chi connectivity index (χ1v) is 7.76. The van der Waals surface area contributed by atoms with Gasteiger partial charge in [-0.3, -0.25) is 4.79 Å². The molecule has 1 amide bonds. The van der Waals surface area contributed by atoms with Gasteiger partial charge in [0.05, 0.1) is 0 Å². The summed E-state index contributed by atoms with van der Waals surface area (Å²) in [6.45, 7) is 0. The van der Waals surface area contributed by atoms with Crippen molar-refractivity contribution in [3.63, 3.8) is 0 Å². The van der Waals surface area contributed by atoms with Crippen molar-refractivity contribution in [1.29, 1.82) is 0 Å². The second-order valence-electron chi connectivity index (χ2n) is 6.37. The van der Waals surface area contributed by atoms with Crippen molar-refractivity contribution in [2.24, 2.45) is 11.8 Å². The van der Waals surface area contributed by atoms with Crippen LogP contribution in [0.4, 0.5) is 5.69 Å². The van der Waals surface area contributed by atoms with Crippen LogP contribution in [0.25, 0.3) is 0 Å². The van der Waals surface area contributed by atoms with E-state index in [-0.39, 0.29) is 5.91 Å². The zero-order chi connectivity index (χ0) is 14.1. The maximum Gasteiger partial charge on any atom is 0.222 e.